The van der Waals surface area contributed by atoms with E-state index in [-0.39, 0.29) is 11.7 Å². The van der Waals surface area contributed by atoms with Gasteiger partial charge in [-0.15, -0.1) is 0 Å². The monoisotopic (exact) mass is 340 g/mol. The van der Waals surface area contributed by atoms with Gasteiger partial charge in [0.25, 0.3) is 0 Å². The Morgan fingerprint density at radius 3 is 2.80 bits per heavy atom. The van der Waals surface area contributed by atoms with E-state index in [0.29, 0.717) is 12.3 Å². The molecular weight excluding hydrogens is 315 g/mol. The molecule has 3 rings (SSSR count). The van der Waals surface area contributed by atoms with Crippen molar-refractivity contribution in [3.8, 4) is 0 Å². The number of pyridine rings is 1. The van der Waals surface area contributed by atoms with Gasteiger partial charge in [0, 0.05) is 31.9 Å². The Labute approximate surface area is 148 Å². The zero-order chi connectivity index (χ0) is 17.5. The summed E-state index contributed by atoms with van der Waals surface area (Å²) in [4.78, 5) is 18.5. The number of aromatic nitrogens is 1. The summed E-state index contributed by atoms with van der Waals surface area (Å²) in [5.74, 6) is 0.586. The average Bonchev–Trinajstić information content (AvgIpc) is 2.65. The maximum absolute atomic E-state index is 13.3. The summed E-state index contributed by atoms with van der Waals surface area (Å²) in [5, 5.41) is 0. The van der Waals surface area contributed by atoms with Crippen LogP contribution in [0.4, 0.5) is 4.39 Å². The fourth-order valence-electron chi connectivity index (χ4n) is 3.55. The summed E-state index contributed by atoms with van der Waals surface area (Å²) in [6, 6.07) is 10.8. The summed E-state index contributed by atoms with van der Waals surface area (Å²) < 4.78 is 13.3. The molecule has 1 aromatic carbocycles. The predicted octanol–water partition coefficient (Wildman–Crippen LogP) is 4.02. The number of piperidine rings is 1. The summed E-state index contributed by atoms with van der Waals surface area (Å²) >= 11 is 0. The zero-order valence-electron chi connectivity index (χ0n) is 14.5. The highest BCUT2D eigenvalue weighted by Gasteiger charge is 2.23. The van der Waals surface area contributed by atoms with Gasteiger partial charge in [0.05, 0.1) is 0 Å². The lowest BCUT2D eigenvalue weighted by atomic mass is 9.91. The van der Waals surface area contributed by atoms with Gasteiger partial charge in [-0.05, 0) is 73.4 Å². The van der Waals surface area contributed by atoms with E-state index >= 15 is 0 Å². The molecule has 1 aliphatic rings. The molecule has 2 heterocycles. The van der Waals surface area contributed by atoms with Gasteiger partial charge >= 0.3 is 0 Å². The molecule has 2 aromatic rings. The van der Waals surface area contributed by atoms with Crippen molar-refractivity contribution in [1.29, 1.82) is 0 Å². The molecule has 3 nitrogen and oxygen atoms in total. The number of nitrogens with zero attached hydrogens (tertiary/aromatic N) is 2. The number of halogens is 1. The van der Waals surface area contributed by atoms with Gasteiger partial charge in [-0.2, -0.15) is 0 Å². The van der Waals surface area contributed by atoms with Gasteiger partial charge < -0.3 is 4.90 Å². The van der Waals surface area contributed by atoms with Gasteiger partial charge in [-0.3, -0.25) is 9.78 Å². The summed E-state index contributed by atoms with van der Waals surface area (Å²) in [7, 11) is 0. The minimum Gasteiger partial charge on any atom is -0.342 e. The first-order chi connectivity index (χ1) is 12.2. The average molecular weight is 340 g/mol. The van der Waals surface area contributed by atoms with E-state index in [0.717, 1.165) is 56.3 Å². The summed E-state index contributed by atoms with van der Waals surface area (Å²) in [6.45, 7) is 1.70. The molecule has 1 fully saturated rings. The first-order valence-electron chi connectivity index (χ1n) is 9.12. The van der Waals surface area contributed by atoms with Crippen LogP contribution in [0.25, 0.3) is 0 Å². The Morgan fingerprint density at radius 1 is 1.16 bits per heavy atom. The van der Waals surface area contributed by atoms with Gasteiger partial charge in [-0.1, -0.05) is 12.1 Å². The standard InChI is InChI=1S/C21H25FN2O/c22-20-5-1-3-18(15-20)6-7-19-4-2-14-24(16-19)21(25)9-8-17-10-12-23-13-11-17/h1,3,5,10-13,15,19H,2,4,6-9,14,16H2. The van der Waals surface area contributed by atoms with Gasteiger partial charge in [0.1, 0.15) is 5.82 Å². The van der Waals surface area contributed by atoms with E-state index in [9.17, 15) is 9.18 Å². The Morgan fingerprint density at radius 2 is 2.00 bits per heavy atom. The molecule has 0 bridgehead atoms. The number of hydrogen-bond acceptors (Lipinski definition) is 2. The second kappa shape index (κ2) is 8.75. The third-order valence-corrected chi connectivity index (χ3v) is 4.98. The van der Waals surface area contributed by atoms with Crippen LogP contribution in [0, 0.1) is 11.7 Å². The second-order valence-corrected chi connectivity index (χ2v) is 6.87. The van der Waals surface area contributed by atoms with Gasteiger partial charge in [-0.25, -0.2) is 4.39 Å². The summed E-state index contributed by atoms with van der Waals surface area (Å²) in [5.41, 5.74) is 2.20. The molecule has 1 unspecified atom stereocenters. The lowest BCUT2D eigenvalue weighted by Gasteiger charge is -2.33. The minimum atomic E-state index is -0.172. The molecule has 25 heavy (non-hydrogen) atoms. The Hall–Kier alpha value is -2.23. The number of amides is 1. The van der Waals surface area contributed by atoms with E-state index in [1.165, 1.54) is 6.07 Å². The van der Waals surface area contributed by atoms with Gasteiger partial charge in [0.15, 0.2) is 0 Å². The van der Waals surface area contributed by atoms with Crippen LogP contribution in [0.3, 0.4) is 0 Å². The molecule has 4 heteroatoms. The third-order valence-electron chi connectivity index (χ3n) is 4.98. The minimum absolute atomic E-state index is 0.172. The molecule has 132 valence electrons. The number of aryl methyl sites for hydroxylation is 2. The van der Waals surface area contributed by atoms with Crippen molar-refractivity contribution in [3.63, 3.8) is 0 Å². The van der Waals surface area contributed by atoms with Crippen molar-refractivity contribution < 1.29 is 9.18 Å². The molecule has 0 saturated carbocycles. The van der Waals surface area contributed by atoms with Crippen molar-refractivity contribution in [3.05, 3.63) is 65.7 Å². The SMILES string of the molecule is O=C(CCc1ccncc1)N1CCCC(CCc2cccc(F)c2)C1. The molecule has 1 amide bonds. The van der Waals surface area contributed by atoms with Crippen LogP contribution < -0.4 is 0 Å². The molecule has 0 N–H and O–H groups in total. The fourth-order valence-corrected chi connectivity index (χ4v) is 3.55. The van der Waals surface area contributed by atoms with E-state index < -0.39 is 0 Å². The van der Waals surface area contributed by atoms with E-state index in [1.54, 1.807) is 24.5 Å². The number of carbonyl (C=O) groups is 1. The highest BCUT2D eigenvalue weighted by Crippen LogP contribution is 2.22. The van der Waals surface area contributed by atoms with Crippen LogP contribution >= 0.6 is 0 Å². The number of benzene rings is 1. The highest BCUT2D eigenvalue weighted by molar-refractivity contribution is 5.76. The Balaban J connectivity index is 1.46. The zero-order valence-corrected chi connectivity index (χ0v) is 14.5. The van der Waals surface area contributed by atoms with Crippen LogP contribution in [0.15, 0.2) is 48.8 Å². The first kappa shape index (κ1) is 17.6. The normalized spacial score (nSPS) is 17.5. The number of rotatable bonds is 6. The molecule has 1 aliphatic heterocycles. The number of carbonyl (C=O) groups excluding carboxylic acids is 1. The molecule has 0 aliphatic carbocycles. The molecule has 1 aromatic heterocycles. The third kappa shape index (κ3) is 5.38. The molecule has 0 radical (unpaired) electrons. The number of hydrogen-bond donors (Lipinski definition) is 0. The van der Waals surface area contributed by atoms with Crippen LogP contribution in [0.5, 0.6) is 0 Å². The van der Waals surface area contributed by atoms with Crippen LogP contribution in [-0.2, 0) is 17.6 Å². The van der Waals surface area contributed by atoms with E-state index in [1.807, 2.05) is 23.1 Å². The van der Waals surface area contributed by atoms with Crippen molar-refractivity contribution in [2.45, 2.75) is 38.5 Å². The first-order valence-corrected chi connectivity index (χ1v) is 9.12. The van der Waals surface area contributed by atoms with Crippen molar-refractivity contribution in [1.82, 2.24) is 9.88 Å². The fraction of sp³-hybridized carbons (Fsp3) is 0.429. The maximum Gasteiger partial charge on any atom is 0.222 e. The van der Waals surface area contributed by atoms with Crippen molar-refractivity contribution in [2.75, 3.05) is 13.1 Å². The number of likely N-dealkylation sites (tertiary alicyclic amines) is 1. The van der Waals surface area contributed by atoms with Gasteiger partial charge in [0.2, 0.25) is 5.91 Å². The molecule has 1 atom stereocenters. The van der Waals surface area contributed by atoms with Crippen molar-refractivity contribution >= 4 is 5.91 Å². The lowest BCUT2D eigenvalue weighted by molar-refractivity contribution is -0.133. The van der Waals surface area contributed by atoms with E-state index in [4.69, 9.17) is 0 Å². The van der Waals surface area contributed by atoms with Crippen LogP contribution in [-0.4, -0.2) is 28.9 Å². The second-order valence-electron chi connectivity index (χ2n) is 6.87. The largest absolute Gasteiger partial charge is 0.342 e. The predicted molar refractivity (Wildman–Crippen MR) is 96.6 cm³/mol. The van der Waals surface area contributed by atoms with E-state index in [2.05, 4.69) is 4.98 Å². The quantitative estimate of drug-likeness (QED) is 0.795. The highest BCUT2D eigenvalue weighted by atomic mass is 19.1. The van der Waals surface area contributed by atoms with Crippen LogP contribution in [0.2, 0.25) is 0 Å². The van der Waals surface area contributed by atoms with Crippen LogP contribution in [0.1, 0.15) is 36.8 Å². The molecular formula is C21H25FN2O. The Kier molecular flexibility index (Phi) is 6.15. The maximum atomic E-state index is 13.3. The summed E-state index contributed by atoms with van der Waals surface area (Å²) in [6.07, 6.45) is 8.97. The molecule has 1 saturated heterocycles. The smallest absolute Gasteiger partial charge is 0.222 e. The topological polar surface area (TPSA) is 33.2 Å². The molecule has 0 spiro atoms. The Bertz CT molecular complexity index is 689. The van der Waals surface area contributed by atoms with Crippen molar-refractivity contribution in [2.24, 2.45) is 5.92 Å². The lowest BCUT2D eigenvalue weighted by Crippen LogP contribution is -2.40.